The van der Waals surface area contributed by atoms with Crippen molar-refractivity contribution >= 4 is 28.6 Å². The molecule has 4 nitrogen and oxygen atoms in total. The lowest BCUT2D eigenvalue weighted by atomic mass is 10.1. The molecule has 3 aromatic rings. The molecular weight excluding hydrogens is 347 g/mol. The van der Waals surface area contributed by atoms with Crippen molar-refractivity contribution in [3.8, 4) is 10.6 Å². The van der Waals surface area contributed by atoms with Crippen LogP contribution in [0.3, 0.4) is 0 Å². The van der Waals surface area contributed by atoms with E-state index in [2.05, 4.69) is 10.3 Å². The molecular formula is C17H15FN2O2S2. The van der Waals surface area contributed by atoms with Crippen molar-refractivity contribution in [2.45, 2.75) is 12.5 Å². The molecule has 2 N–H and O–H groups in total. The second-order valence-electron chi connectivity index (χ2n) is 5.44. The summed E-state index contributed by atoms with van der Waals surface area (Å²) in [5.41, 5.74) is -0.768. The van der Waals surface area contributed by atoms with Crippen molar-refractivity contribution in [1.29, 1.82) is 0 Å². The zero-order valence-corrected chi connectivity index (χ0v) is 14.5. The van der Waals surface area contributed by atoms with Crippen LogP contribution in [0.5, 0.6) is 0 Å². The minimum absolute atomic E-state index is 0.0826. The van der Waals surface area contributed by atoms with Gasteiger partial charge in [-0.3, -0.25) is 4.79 Å². The van der Waals surface area contributed by atoms with E-state index in [4.69, 9.17) is 0 Å². The summed E-state index contributed by atoms with van der Waals surface area (Å²) in [5.74, 6) is -0.716. The van der Waals surface area contributed by atoms with Gasteiger partial charge in [0.1, 0.15) is 21.3 Å². The number of hydrogen-bond donors (Lipinski definition) is 2. The molecule has 1 aromatic carbocycles. The smallest absolute Gasteiger partial charge is 0.263 e. The fourth-order valence-corrected chi connectivity index (χ4v) is 3.80. The minimum atomic E-state index is -1.14. The fourth-order valence-electron chi connectivity index (χ4n) is 2.15. The Kier molecular flexibility index (Phi) is 4.75. The van der Waals surface area contributed by atoms with E-state index in [1.807, 2.05) is 17.5 Å². The predicted molar refractivity (Wildman–Crippen MR) is 93.7 cm³/mol. The van der Waals surface area contributed by atoms with E-state index in [-0.39, 0.29) is 18.3 Å². The molecule has 0 aliphatic rings. The summed E-state index contributed by atoms with van der Waals surface area (Å²) in [6, 6.07) is 9.97. The van der Waals surface area contributed by atoms with Gasteiger partial charge in [0, 0.05) is 10.4 Å². The van der Waals surface area contributed by atoms with E-state index in [0.717, 1.165) is 16.2 Å². The highest BCUT2D eigenvalue weighted by Crippen LogP contribution is 2.28. The van der Waals surface area contributed by atoms with E-state index in [0.29, 0.717) is 15.4 Å². The van der Waals surface area contributed by atoms with Crippen molar-refractivity contribution < 1.29 is 14.3 Å². The highest BCUT2D eigenvalue weighted by Gasteiger charge is 2.25. The van der Waals surface area contributed by atoms with Crippen LogP contribution in [-0.2, 0) is 5.60 Å². The third-order valence-electron chi connectivity index (χ3n) is 3.48. The Labute approximate surface area is 146 Å². The van der Waals surface area contributed by atoms with Gasteiger partial charge in [-0.1, -0.05) is 18.2 Å². The second kappa shape index (κ2) is 6.80. The lowest BCUT2D eigenvalue weighted by molar-refractivity contribution is 0.0558. The maximum Gasteiger partial charge on any atom is 0.263 e. The zero-order valence-electron chi connectivity index (χ0n) is 12.8. The molecule has 0 saturated carbocycles. The van der Waals surface area contributed by atoms with E-state index in [9.17, 15) is 14.3 Å². The zero-order chi connectivity index (χ0) is 17.2. The van der Waals surface area contributed by atoms with Gasteiger partial charge in [0.25, 0.3) is 5.91 Å². The largest absolute Gasteiger partial charge is 0.383 e. The van der Waals surface area contributed by atoms with Gasteiger partial charge in [-0.25, -0.2) is 9.37 Å². The minimum Gasteiger partial charge on any atom is -0.383 e. The average Bonchev–Trinajstić information content (AvgIpc) is 3.25. The molecule has 0 bridgehead atoms. The molecule has 3 rings (SSSR count). The first-order valence-electron chi connectivity index (χ1n) is 7.23. The van der Waals surface area contributed by atoms with Crippen LogP contribution in [0, 0.1) is 5.82 Å². The molecule has 2 aromatic heterocycles. The summed E-state index contributed by atoms with van der Waals surface area (Å²) in [6.07, 6.45) is 1.42. The Balaban J connectivity index is 1.70. The summed E-state index contributed by atoms with van der Waals surface area (Å²) < 4.78 is 13.8. The van der Waals surface area contributed by atoms with Gasteiger partial charge in [-0.05, 0) is 30.5 Å². The molecule has 0 radical (unpaired) electrons. The second-order valence-corrected chi connectivity index (χ2v) is 7.42. The number of aliphatic hydroxyl groups is 1. The molecule has 1 atom stereocenters. The molecule has 1 amide bonds. The van der Waals surface area contributed by atoms with Crippen molar-refractivity contribution in [1.82, 2.24) is 10.3 Å². The monoisotopic (exact) mass is 362 g/mol. The molecule has 0 unspecified atom stereocenters. The van der Waals surface area contributed by atoms with Crippen LogP contribution in [-0.4, -0.2) is 22.5 Å². The van der Waals surface area contributed by atoms with E-state index in [1.165, 1.54) is 23.6 Å². The number of hydrogen-bond acceptors (Lipinski definition) is 5. The lowest BCUT2D eigenvalue weighted by Gasteiger charge is -2.21. The first-order valence-corrected chi connectivity index (χ1v) is 8.92. The summed E-state index contributed by atoms with van der Waals surface area (Å²) in [5, 5.41) is 15.4. The lowest BCUT2D eigenvalue weighted by Crippen LogP contribution is -2.37. The number of rotatable bonds is 5. The van der Waals surface area contributed by atoms with Gasteiger partial charge in [-0.2, -0.15) is 0 Å². The van der Waals surface area contributed by atoms with E-state index < -0.39 is 5.60 Å². The maximum absolute atomic E-state index is 13.8. The van der Waals surface area contributed by atoms with Gasteiger partial charge < -0.3 is 10.4 Å². The van der Waals surface area contributed by atoms with E-state index >= 15 is 0 Å². The Morgan fingerprint density at radius 2 is 2.12 bits per heavy atom. The Morgan fingerprint density at radius 1 is 1.33 bits per heavy atom. The number of thiophene rings is 1. The Hall–Kier alpha value is -2.09. The van der Waals surface area contributed by atoms with Gasteiger partial charge in [-0.15, -0.1) is 22.7 Å². The molecule has 0 aliphatic carbocycles. The molecule has 0 spiro atoms. The number of aromatic nitrogens is 1. The first kappa shape index (κ1) is 16.8. The summed E-state index contributed by atoms with van der Waals surface area (Å²) in [4.78, 5) is 17.5. The van der Waals surface area contributed by atoms with Crippen LogP contribution in [0.2, 0.25) is 0 Å². The number of carbonyl (C=O) groups excluding carboxylic acids is 1. The molecule has 0 saturated heterocycles. The third kappa shape index (κ3) is 3.53. The number of halogens is 1. The van der Waals surface area contributed by atoms with Crippen LogP contribution in [0.4, 0.5) is 4.39 Å². The topological polar surface area (TPSA) is 62.2 Å². The van der Waals surface area contributed by atoms with Crippen LogP contribution < -0.4 is 5.32 Å². The Morgan fingerprint density at radius 3 is 2.83 bits per heavy atom. The number of benzene rings is 1. The number of nitrogens with zero attached hydrogens (tertiary/aromatic N) is 1. The summed E-state index contributed by atoms with van der Waals surface area (Å²) in [6.45, 7) is 1.73. The third-order valence-corrected chi connectivity index (χ3v) is 5.63. The quantitative estimate of drug-likeness (QED) is 0.728. The van der Waals surface area contributed by atoms with Crippen molar-refractivity contribution in [3.05, 3.63) is 63.5 Å². The standard InChI is InChI=1S/C17H15FN2O2S2/c1-17(22,14-7-4-8-23-14)10-20-15(21)13-9-19-16(24-13)11-5-2-3-6-12(11)18/h2-9,22H,10H2,1H3,(H,20,21)/t17-/m1/s1. The van der Waals surface area contributed by atoms with Crippen molar-refractivity contribution in [3.63, 3.8) is 0 Å². The molecule has 0 aliphatic heterocycles. The molecule has 2 heterocycles. The van der Waals surface area contributed by atoms with Crippen molar-refractivity contribution in [2.75, 3.05) is 6.54 Å². The van der Waals surface area contributed by atoms with Crippen LogP contribution in [0.1, 0.15) is 21.5 Å². The van der Waals surface area contributed by atoms with Crippen LogP contribution >= 0.6 is 22.7 Å². The fraction of sp³-hybridized carbons (Fsp3) is 0.176. The highest BCUT2D eigenvalue weighted by molar-refractivity contribution is 7.16. The molecule has 7 heteroatoms. The normalized spacial score (nSPS) is 13.5. The summed E-state index contributed by atoms with van der Waals surface area (Å²) >= 11 is 2.54. The van der Waals surface area contributed by atoms with Crippen LogP contribution in [0.15, 0.2) is 48.0 Å². The molecule has 124 valence electrons. The number of thiazole rings is 1. The van der Waals surface area contributed by atoms with Gasteiger partial charge in [0.2, 0.25) is 0 Å². The van der Waals surface area contributed by atoms with E-state index in [1.54, 1.807) is 25.1 Å². The summed E-state index contributed by atoms with van der Waals surface area (Å²) in [7, 11) is 0. The average molecular weight is 362 g/mol. The Bertz CT molecular complexity index is 844. The molecule has 24 heavy (non-hydrogen) atoms. The number of nitrogens with one attached hydrogen (secondary N) is 1. The predicted octanol–water partition coefficient (Wildman–Crippen LogP) is 3.65. The van der Waals surface area contributed by atoms with Gasteiger partial charge in [0.05, 0.1) is 12.7 Å². The molecule has 0 fully saturated rings. The van der Waals surface area contributed by atoms with Crippen LogP contribution in [0.25, 0.3) is 10.6 Å². The van der Waals surface area contributed by atoms with Gasteiger partial charge in [0.15, 0.2) is 0 Å². The van der Waals surface area contributed by atoms with Crippen molar-refractivity contribution in [2.24, 2.45) is 0 Å². The maximum atomic E-state index is 13.8. The number of amides is 1. The first-order chi connectivity index (χ1) is 11.5. The highest BCUT2D eigenvalue weighted by atomic mass is 32.1. The van der Waals surface area contributed by atoms with Gasteiger partial charge >= 0.3 is 0 Å². The SMILES string of the molecule is C[C@@](O)(CNC(=O)c1cnc(-c2ccccc2F)s1)c1cccs1. The number of carbonyl (C=O) groups is 1.